The molecule has 96 valence electrons. The summed E-state index contributed by atoms with van der Waals surface area (Å²) in [5.41, 5.74) is 2.09. The van der Waals surface area contributed by atoms with E-state index in [1.54, 1.807) is 7.11 Å². The molecule has 1 aliphatic rings. The topological polar surface area (TPSA) is 48.3 Å². The van der Waals surface area contributed by atoms with Crippen LogP contribution in [-0.4, -0.2) is 42.2 Å². The Labute approximate surface area is 102 Å². The predicted molar refractivity (Wildman–Crippen MR) is 64.8 cm³/mol. The highest BCUT2D eigenvalue weighted by Crippen LogP contribution is 2.21. The molecule has 0 saturated carbocycles. The van der Waals surface area contributed by atoms with Crippen LogP contribution in [0.5, 0.6) is 0 Å². The highest BCUT2D eigenvalue weighted by molar-refractivity contribution is 5.08. The average Bonchev–Trinajstić information content (AvgIpc) is 2.88. The summed E-state index contributed by atoms with van der Waals surface area (Å²) in [6.07, 6.45) is 0.959. The fourth-order valence-corrected chi connectivity index (χ4v) is 2.21. The maximum Gasteiger partial charge on any atom is 0.106 e. The van der Waals surface area contributed by atoms with Crippen LogP contribution in [-0.2, 0) is 23.1 Å². The predicted octanol–water partition coefficient (Wildman–Crippen LogP) is 0.624. The standard InChI is InChI=1S/C12H21N3O2/c1-10-6-11(15(2)14-10)7-13-8-12(16-3)4-5-17-9-12/h6,13H,4-5,7-9H2,1-3H3. The van der Waals surface area contributed by atoms with Crippen molar-refractivity contribution in [3.63, 3.8) is 0 Å². The number of nitrogens with zero attached hydrogens (tertiary/aromatic N) is 2. The minimum absolute atomic E-state index is 0.145. The summed E-state index contributed by atoms with van der Waals surface area (Å²) >= 11 is 0. The van der Waals surface area contributed by atoms with Crippen molar-refractivity contribution in [2.45, 2.75) is 25.5 Å². The normalized spacial score (nSPS) is 24.4. The van der Waals surface area contributed by atoms with Crippen LogP contribution < -0.4 is 5.32 Å². The summed E-state index contributed by atoms with van der Waals surface area (Å²) in [6, 6.07) is 2.09. The van der Waals surface area contributed by atoms with Gasteiger partial charge in [0.2, 0.25) is 0 Å². The van der Waals surface area contributed by atoms with Crippen molar-refractivity contribution < 1.29 is 9.47 Å². The summed E-state index contributed by atoms with van der Waals surface area (Å²) < 4.78 is 12.9. The first kappa shape index (κ1) is 12.5. The Bertz CT molecular complexity index is 370. The Hall–Kier alpha value is -0.910. The molecule has 1 fully saturated rings. The quantitative estimate of drug-likeness (QED) is 0.818. The Morgan fingerprint density at radius 2 is 2.47 bits per heavy atom. The lowest BCUT2D eigenvalue weighted by atomic mass is 10.0. The molecule has 1 N–H and O–H groups in total. The molecule has 0 amide bonds. The maximum absolute atomic E-state index is 5.56. The van der Waals surface area contributed by atoms with E-state index in [4.69, 9.17) is 9.47 Å². The van der Waals surface area contributed by atoms with Crippen LogP contribution in [0.4, 0.5) is 0 Å². The molecule has 1 aliphatic heterocycles. The second-order valence-corrected chi connectivity index (χ2v) is 4.69. The van der Waals surface area contributed by atoms with Crippen LogP contribution in [0, 0.1) is 6.92 Å². The van der Waals surface area contributed by atoms with Gasteiger partial charge >= 0.3 is 0 Å². The molecular formula is C12H21N3O2. The number of rotatable bonds is 5. The van der Waals surface area contributed by atoms with E-state index in [9.17, 15) is 0 Å². The van der Waals surface area contributed by atoms with Crippen molar-refractivity contribution in [2.24, 2.45) is 7.05 Å². The van der Waals surface area contributed by atoms with Crippen LogP contribution >= 0.6 is 0 Å². The smallest absolute Gasteiger partial charge is 0.106 e. The number of hydrogen-bond donors (Lipinski definition) is 1. The molecule has 0 radical (unpaired) electrons. The average molecular weight is 239 g/mol. The van der Waals surface area contributed by atoms with E-state index in [0.29, 0.717) is 6.61 Å². The molecule has 5 nitrogen and oxygen atoms in total. The number of nitrogens with one attached hydrogen (secondary N) is 1. The van der Waals surface area contributed by atoms with Gasteiger partial charge in [0, 0.05) is 40.3 Å². The molecule has 0 bridgehead atoms. The SMILES string of the molecule is COC1(CNCc2cc(C)nn2C)CCOC1. The first-order chi connectivity index (χ1) is 8.15. The maximum atomic E-state index is 5.56. The lowest BCUT2D eigenvalue weighted by Crippen LogP contribution is -2.42. The van der Waals surface area contributed by atoms with E-state index in [1.165, 1.54) is 5.69 Å². The fraction of sp³-hybridized carbons (Fsp3) is 0.750. The first-order valence-electron chi connectivity index (χ1n) is 5.98. The third-order valence-electron chi connectivity index (χ3n) is 3.35. The zero-order valence-corrected chi connectivity index (χ0v) is 10.8. The fourth-order valence-electron chi connectivity index (χ4n) is 2.21. The van der Waals surface area contributed by atoms with Crippen LogP contribution in [0.2, 0.25) is 0 Å². The van der Waals surface area contributed by atoms with Crippen LogP contribution in [0.25, 0.3) is 0 Å². The van der Waals surface area contributed by atoms with Crippen molar-refractivity contribution in [1.29, 1.82) is 0 Å². The third kappa shape index (κ3) is 2.86. The van der Waals surface area contributed by atoms with Gasteiger partial charge in [0.1, 0.15) is 5.60 Å². The molecule has 1 atom stereocenters. The van der Waals surface area contributed by atoms with E-state index < -0.39 is 0 Å². The highest BCUT2D eigenvalue weighted by atomic mass is 16.5. The van der Waals surface area contributed by atoms with Gasteiger partial charge < -0.3 is 14.8 Å². The molecule has 1 unspecified atom stereocenters. The lowest BCUT2D eigenvalue weighted by Gasteiger charge is -2.25. The van der Waals surface area contributed by atoms with Crippen LogP contribution in [0.1, 0.15) is 17.8 Å². The molecular weight excluding hydrogens is 218 g/mol. The van der Waals surface area contributed by atoms with Crippen molar-refractivity contribution in [3.05, 3.63) is 17.5 Å². The van der Waals surface area contributed by atoms with Gasteiger partial charge in [-0.1, -0.05) is 0 Å². The molecule has 2 heterocycles. The van der Waals surface area contributed by atoms with E-state index in [1.807, 2.05) is 18.7 Å². The number of methoxy groups -OCH3 is 1. The third-order valence-corrected chi connectivity index (χ3v) is 3.35. The number of hydrogen-bond acceptors (Lipinski definition) is 4. The molecule has 5 heteroatoms. The second-order valence-electron chi connectivity index (χ2n) is 4.69. The van der Waals surface area contributed by atoms with Gasteiger partial charge in [-0.15, -0.1) is 0 Å². The van der Waals surface area contributed by atoms with Crippen LogP contribution in [0.3, 0.4) is 0 Å². The summed E-state index contributed by atoms with van der Waals surface area (Å²) in [7, 11) is 3.72. The molecule has 1 aromatic heterocycles. The number of aryl methyl sites for hydroxylation is 2. The van der Waals surface area contributed by atoms with Gasteiger partial charge in [0.05, 0.1) is 18.0 Å². The highest BCUT2D eigenvalue weighted by Gasteiger charge is 2.34. The van der Waals surface area contributed by atoms with Gasteiger partial charge in [0.25, 0.3) is 0 Å². The molecule has 1 saturated heterocycles. The van der Waals surface area contributed by atoms with E-state index in [0.717, 1.165) is 31.8 Å². The minimum Gasteiger partial charge on any atom is -0.378 e. The minimum atomic E-state index is -0.145. The number of aromatic nitrogens is 2. The summed E-state index contributed by atoms with van der Waals surface area (Å²) in [5, 5.41) is 7.74. The first-order valence-corrected chi connectivity index (χ1v) is 5.98. The summed E-state index contributed by atoms with van der Waals surface area (Å²) in [6.45, 7) is 5.10. The Morgan fingerprint density at radius 1 is 1.65 bits per heavy atom. The summed E-state index contributed by atoms with van der Waals surface area (Å²) in [4.78, 5) is 0. The van der Waals surface area contributed by atoms with Crippen molar-refractivity contribution in [1.82, 2.24) is 15.1 Å². The molecule has 0 aliphatic carbocycles. The number of ether oxygens (including phenoxy) is 2. The van der Waals surface area contributed by atoms with E-state index in [-0.39, 0.29) is 5.60 Å². The Morgan fingerprint density at radius 3 is 3.00 bits per heavy atom. The monoisotopic (exact) mass is 239 g/mol. The molecule has 0 spiro atoms. The molecule has 0 aromatic carbocycles. The van der Waals surface area contributed by atoms with Gasteiger partial charge in [-0.2, -0.15) is 5.10 Å². The Kier molecular flexibility index (Phi) is 3.81. The zero-order valence-electron chi connectivity index (χ0n) is 10.8. The van der Waals surface area contributed by atoms with Gasteiger partial charge in [-0.05, 0) is 13.0 Å². The van der Waals surface area contributed by atoms with Crippen molar-refractivity contribution in [2.75, 3.05) is 26.9 Å². The zero-order chi connectivity index (χ0) is 12.3. The van der Waals surface area contributed by atoms with Gasteiger partial charge in [-0.25, -0.2) is 0 Å². The van der Waals surface area contributed by atoms with Crippen molar-refractivity contribution >= 4 is 0 Å². The second kappa shape index (κ2) is 5.16. The molecule has 2 rings (SSSR count). The largest absolute Gasteiger partial charge is 0.378 e. The lowest BCUT2D eigenvalue weighted by molar-refractivity contribution is -0.0160. The van der Waals surface area contributed by atoms with Crippen LogP contribution in [0.15, 0.2) is 6.07 Å². The van der Waals surface area contributed by atoms with E-state index >= 15 is 0 Å². The van der Waals surface area contributed by atoms with Gasteiger partial charge in [0.15, 0.2) is 0 Å². The molecule has 17 heavy (non-hydrogen) atoms. The van der Waals surface area contributed by atoms with Crippen molar-refractivity contribution in [3.8, 4) is 0 Å². The molecule has 1 aromatic rings. The van der Waals surface area contributed by atoms with Gasteiger partial charge in [-0.3, -0.25) is 4.68 Å². The van der Waals surface area contributed by atoms with E-state index in [2.05, 4.69) is 16.5 Å². The Balaban J connectivity index is 1.84. The summed E-state index contributed by atoms with van der Waals surface area (Å²) in [5.74, 6) is 0.